The first-order chi connectivity index (χ1) is 9.36. The predicted octanol–water partition coefficient (Wildman–Crippen LogP) is 3.34. The number of aryl methyl sites for hydroxylation is 4. The molecule has 4 heteroatoms. The van der Waals surface area contributed by atoms with Crippen LogP contribution in [0.15, 0.2) is 47.4 Å². The minimum atomic E-state index is -4.10. The van der Waals surface area contributed by atoms with Crippen molar-refractivity contribution >= 4 is 10.1 Å². The lowest BCUT2D eigenvalue weighted by Crippen LogP contribution is -1.99. The molecular weight excluding hydrogens is 272 g/mol. The molecule has 2 rings (SSSR count). The molecular formula is C16H18O3S. The van der Waals surface area contributed by atoms with Crippen LogP contribution >= 0.6 is 0 Å². The molecule has 0 saturated carbocycles. The zero-order chi connectivity index (χ0) is 14.8. The summed E-state index contributed by atoms with van der Waals surface area (Å²) in [5.74, 6) is 0. The fraction of sp³-hybridized carbons (Fsp3) is 0.250. The van der Waals surface area contributed by atoms with Crippen LogP contribution in [0.25, 0.3) is 0 Å². The van der Waals surface area contributed by atoms with Crippen LogP contribution in [0.2, 0.25) is 0 Å². The van der Waals surface area contributed by atoms with Crippen molar-refractivity contribution < 1.29 is 13.0 Å². The van der Waals surface area contributed by atoms with Crippen LogP contribution in [0.3, 0.4) is 0 Å². The third-order valence-electron chi connectivity index (χ3n) is 3.41. The molecule has 0 amide bonds. The minimum absolute atomic E-state index is 0.0620. The normalized spacial score (nSPS) is 11.6. The molecule has 0 unspecified atom stereocenters. The zero-order valence-corrected chi connectivity index (χ0v) is 12.4. The van der Waals surface area contributed by atoms with Gasteiger partial charge in [0.15, 0.2) is 0 Å². The number of hydrogen-bond donors (Lipinski definition) is 1. The summed E-state index contributed by atoms with van der Waals surface area (Å²) in [5, 5.41) is 0. The van der Waals surface area contributed by atoms with Gasteiger partial charge in [0, 0.05) is 0 Å². The van der Waals surface area contributed by atoms with Crippen LogP contribution in [0.4, 0.5) is 0 Å². The molecule has 0 heterocycles. The van der Waals surface area contributed by atoms with Crippen LogP contribution in [0, 0.1) is 13.8 Å². The minimum Gasteiger partial charge on any atom is -0.282 e. The molecule has 0 radical (unpaired) electrons. The highest BCUT2D eigenvalue weighted by Gasteiger charge is 2.08. The van der Waals surface area contributed by atoms with Crippen LogP contribution in [-0.4, -0.2) is 13.0 Å². The second kappa shape index (κ2) is 5.77. The Morgan fingerprint density at radius 3 is 2.20 bits per heavy atom. The van der Waals surface area contributed by atoms with Gasteiger partial charge in [-0.2, -0.15) is 8.42 Å². The van der Waals surface area contributed by atoms with Crippen LogP contribution in [0.1, 0.15) is 22.3 Å². The third kappa shape index (κ3) is 3.68. The summed E-state index contributed by atoms with van der Waals surface area (Å²) in [4.78, 5) is -0.0620. The Morgan fingerprint density at radius 1 is 0.950 bits per heavy atom. The fourth-order valence-corrected chi connectivity index (χ4v) is 2.66. The highest BCUT2D eigenvalue weighted by Crippen LogP contribution is 2.15. The molecule has 0 fully saturated rings. The van der Waals surface area contributed by atoms with E-state index in [9.17, 15) is 8.42 Å². The Balaban J connectivity index is 2.10. The monoisotopic (exact) mass is 290 g/mol. The molecule has 0 aromatic heterocycles. The first kappa shape index (κ1) is 14.8. The Bertz CT molecular complexity index is 701. The molecule has 0 saturated heterocycles. The number of benzene rings is 2. The molecule has 0 bridgehead atoms. The zero-order valence-electron chi connectivity index (χ0n) is 11.6. The largest absolute Gasteiger partial charge is 0.294 e. The molecule has 2 aromatic rings. The molecule has 0 aliphatic carbocycles. The van der Waals surface area contributed by atoms with Gasteiger partial charge in [0.2, 0.25) is 0 Å². The Labute approximate surface area is 120 Å². The summed E-state index contributed by atoms with van der Waals surface area (Å²) >= 11 is 0. The lowest BCUT2D eigenvalue weighted by molar-refractivity contribution is 0.483. The number of rotatable bonds is 4. The van der Waals surface area contributed by atoms with Gasteiger partial charge in [0.1, 0.15) is 0 Å². The SMILES string of the molecule is Cc1ccc(C)c(CCc2ccc(S(=O)(=O)O)cc2)c1. The van der Waals surface area contributed by atoms with Gasteiger partial charge in [-0.3, -0.25) is 4.55 Å². The van der Waals surface area contributed by atoms with Gasteiger partial charge in [-0.15, -0.1) is 0 Å². The first-order valence-electron chi connectivity index (χ1n) is 6.49. The van der Waals surface area contributed by atoms with E-state index in [0.717, 1.165) is 18.4 Å². The maximum Gasteiger partial charge on any atom is 0.294 e. The molecule has 0 spiro atoms. The van der Waals surface area contributed by atoms with Crippen molar-refractivity contribution in [1.82, 2.24) is 0 Å². The van der Waals surface area contributed by atoms with Crippen molar-refractivity contribution in [2.24, 2.45) is 0 Å². The highest BCUT2D eigenvalue weighted by molar-refractivity contribution is 7.85. The molecule has 2 aromatic carbocycles. The third-order valence-corrected chi connectivity index (χ3v) is 4.28. The van der Waals surface area contributed by atoms with E-state index in [1.807, 2.05) is 0 Å². The maximum absolute atomic E-state index is 11.0. The molecule has 0 atom stereocenters. The van der Waals surface area contributed by atoms with Gasteiger partial charge in [-0.05, 0) is 55.5 Å². The summed E-state index contributed by atoms with van der Waals surface area (Å²) in [5.41, 5.74) is 4.87. The topological polar surface area (TPSA) is 54.4 Å². The molecule has 20 heavy (non-hydrogen) atoms. The van der Waals surface area contributed by atoms with Gasteiger partial charge in [0.05, 0.1) is 4.90 Å². The van der Waals surface area contributed by atoms with Crippen LogP contribution < -0.4 is 0 Å². The maximum atomic E-state index is 11.0. The fourth-order valence-electron chi connectivity index (χ4n) is 2.18. The van der Waals surface area contributed by atoms with Crippen molar-refractivity contribution in [3.8, 4) is 0 Å². The van der Waals surface area contributed by atoms with E-state index in [-0.39, 0.29) is 4.90 Å². The van der Waals surface area contributed by atoms with E-state index in [1.165, 1.54) is 28.8 Å². The second-order valence-electron chi connectivity index (χ2n) is 5.05. The van der Waals surface area contributed by atoms with E-state index in [0.29, 0.717) is 0 Å². The molecule has 106 valence electrons. The number of hydrogen-bond acceptors (Lipinski definition) is 2. The first-order valence-corrected chi connectivity index (χ1v) is 7.93. The summed E-state index contributed by atoms with van der Waals surface area (Å²) in [6.45, 7) is 4.17. The molecule has 0 aliphatic rings. The Hall–Kier alpha value is -1.65. The molecule has 3 nitrogen and oxygen atoms in total. The smallest absolute Gasteiger partial charge is 0.282 e. The van der Waals surface area contributed by atoms with Crippen molar-refractivity contribution in [3.63, 3.8) is 0 Å². The molecule has 0 aliphatic heterocycles. The van der Waals surface area contributed by atoms with Gasteiger partial charge < -0.3 is 0 Å². The predicted molar refractivity (Wildman–Crippen MR) is 79.6 cm³/mol. The standard InChI is InChI=1S/C16H18O3S/c1-12-3-4-13(2)15(11-12)8-5-14-6-9-16(10-7-14)20(17,18)19/h3-4,6-7,9-11H,5,8H2,1-2H3,(H,17,18,19). The second-order valence-corrected chi connectivity index (χ2v) is 6.47. The summed E-state index contributed by atoms with van der Waals surface area (Å²) < 4.78 is 30.8. The average Bonchev–Trinajstić information content (AvgIpc) is 2.39. The molecule has 1 N–H and O–H groups in total. The lowest BCUT2D eigenvalue weighted by Gasteiger charge is -2.07. The van der Waals surface area contributed by atoms with Gasteiger partial charge >= 0.3 is 0 Å². The van der Waals surface area contributed by atoms with Crippen molar-refractivity contribution in [1.29, 1.82) is 0 Å². The van der Waals surface area contributed by atoms with E-state index in [4.69, 9.17) is 4.55 Å². The van der Waals surface area contributed by atoms with Crippen LogP contribution in [0.5, 0.6) is 0 Å². The quantitative estimate of drug-likeness (QED) is 0.879. The average molecular weight is 290 g/mol. The van der Waals surface area contributed by atoms with Crippen molar-refractivity contribution in [2.75, 3.05) is 0 Å². The lowest BCUT2D eigenvalue weighted by atomic mass is 9.99. The van der Waals surface area contributed by atoms with Crippen LogP contribution in [-0.2, 0) is 23.0 Å². The summed E-state index contributed by atoms with van der Waals surface area (Å²) in [6.07, 6.45) is 1.76. The van der Waals surface area contributed by atoms with E-state index >= 15 is 0 Å². The van der Waals surface area contributed by atoms with Crippen molar-refractivity contribution in [2.45, 2.75) is 31.6 Å². The highest BCUT2D eigenvalue weighted by atomic mass is 32.2. The van der Waals surface area contributed by atoms with Gasteiger partial charge in [-0.25, -0.2) is 0 Å². The summed E-state index contributed by atoms with van der Waals surface area (Å²) in [6, 6.07) is 12.8. The van der Waals surface area contributed by atoms with Crippen molar-refractivity contribution in [3.05, 3.63) is 64.7 Å². The van der Waals surface area contributed by atoms with E-state index < -0.39 is 10.1 Å². The van der Waals surface area contributed by atoms with Gasteiger partial charge in [0.25, 0.3) is 10.1 Å². The van der Waals surface area contributed by atoms with E-state index in [2.05, 4.69) is 32.0 Å². The Morgan fingerprint density at radius 2 is 1.60 bits per heavy atom. The van der Waals surface area contributed by atoms with Gasteiger partial charge in [-0.1, -0.05) is 35.9 Å². The van der Waals surface area contributed by atoms with E-state index in [1.54, 1.807) is 12.1 Å². The Kier molecular flexibility index (Phi) is 4.26. The summed E-state index contributed by atoms with van der Waals surface area (Å²) in [7, 11) is -4.10.